The number of rotatable bonds is 8. The van der Waals surface area contributed by atoms with Gasteiger partial charge in [0.1, 0.15) is 18.1 Å². The molecular formula is C31H26N4O2. The molecule has 0 saturated carbocycles. The maximum Gasteiger partial charge on any atom is 0.271 e. The van der Waals surface area contributed by atoms with Gasteiger partial charge in [-0.1, -0.05) is 66.7 Å². The minimum absolute atomic E-state index is 0.258. The maximum atomic E-state index is 12.6. The number of carbonyl (C=O) groups is 1. The third-order valence-electron chi connectivity index (χ3n) is 5.90. The van der Waals surface area contributed by atoms with Crippen LogP contribution in [0.1, 0.15) is 27.0 Å². The lowest BCUT2D eigenvalue weighted by atomic mass is 10.1. The van der Waals surface area contributed by atoms with Crippen molar-refractivity contribution >= 4 is 12.1 Å². The van der Waals surface area contributed by atoms with E-state index in [9.17, 15) is 4.79 Å². The Bertz CT molecular complexity index is 1510. The van der Waals surface area contributed by atoms with Gasteiger partial charge in [0.15, 0.2) is 0 Å². The summed E-state index contributed by atoms with van der Waals surface area (Å²) in [7, 11) is 0. The highest BCUT2D eigenvalue weighted by Gasteiger charge is 2.12. The lowest BCUT2D eigenvalue weighted by Gasteiger charge is -2.07. The molecule has 1 amide bonds. The van der Waals surface area contributed by atoms with Crippen molar-refractivity contribution in [1.29, 1.82) is 0 Å². The first kappa shape index (κ1) is 23.8. The Morgan fingerprint density at radius 1 is 0.892 bits per heavy atom. The van der Waals surface area contributed by atoms with Gasteiger partial charge < -0.3 is 4.74 Å². The minimum Gasteiger partial charge on any atom is -0.489 e. The molecule has 0 unspecified atom stereocenters. The van der Waals surface area contributed by atoms with E-state index in [1.807, 2.05) is 116 Å². The zero-order valence-corrected chi connectivity index (χ0v) is 20.4. The third kappa shape index (κ3) is 5.82. The van der Waals surface area contributed by atoms with Crippen molar-refractivity contribution in [3.05, 3.63) is 138 Å². The molecule has 0 radical (unpaired) electrons. The van der Waals surface area contributed by atoms with Gasteiger partial charge in [0.2, 0.25) is 0 Å². The van der Waals surface area contributed by atoms with Crippen molar-refractivity contribution < 1.29 is 9.53 Å². The van der Waals surface area contributed by atoms with Crippen molar-refractivity contribution in [2.24, 2.45) is 5.10 Å². The summed E-state index contributed by atoms with van der Waals surface area (Å²) in [6.07, 6.45) is 3.52. The molecule has 37 heavy (non-hydrogen) atoms. The molecule has 1 heterocycles. The molecule has 0 fully saturated rings. The molecule has 5 aromatic rings. The van der Waals surface area contributed by atoms with Gasteiger partial charge in [-0.2, -0.15) is 10.2 Å². The summed E-state index contributed by atoms with van der Waals surface area (Å²) >= 11 is 0. The number of hydrogen-bond acceptors (Lipinski definition) is 4. The second-order valence-corrected chi connectivity index (χ2v) is 8.53. The maximum absolute atomic E-state index is 12.6. The highest BCUT2D eigenvalue weighted by molar-refractivity contribution is 5.96. The Morgan fingerprint density at radius 3 is 2.30 bits per heavy atom. The zero-order valence-electron chi connectivity index (χ0n) is 20.4. The number of benzene rings is 4. The normalized spacial score (nSPS) is 10.9. The topological polar surface area (TPSA) is 68.5 Å². The average molecular weight is 487 g/mol. The Hall–Kier alpha value is -4.97. The summed E-state index contributed by atoms with van der Waals surface area (Å²) in [5.41, 5.74) is 8.57. The van der Waals surface area contributed by atoms with E-state index in [0.29, 0.717) is 12.2 Å². The summed E-state index contributed by atoms with van der Waals surface area (Å²) < 4.78 is 7.74. The predicted octanol–water partition coefficient (Wildman–Crippen LogP) is 6.19. The molecule has 0 bridgehead atoms. The number of ether oxygens (including phenoxy) is 1. The first-order valence-electron chi connectivity index (χ1n) is 12.0. The molecule has 0 spiro atoms. The summed E-state index contributed by atoms with van der Waals surface area (Å²) in [5.74, 6) is 0.516. The summed E-state index contributed by atoms with van der Waals surface area (Å²) in [6, 6.07) is 35.1. The van der Waals surface area contributed by atoms with Crippen LogP contribution in [-0.2, 0) is 6.61 Å². The number of carbonyl (C=O) groups excluding carboxylic acids is 1. The highest BCUT2D eigenvalue weighted by atomic mass is 16.5. The van der Waals surface area contributed by atoms with E-state index < -0.39 is 0 Å². The predicted molar refractivity (Wildman–Crippen MR) is 146 cm³/mol. The second kappa shape index (κ2) is 11.2. The highest BCUT2D eigenvalue weighted by Crippen LogP contribution is 2.25. The first-order valence-corrected chi connectivity index (χ1v) is 12.0. The van der Waals surface area contributed by atoms with Gasteiger partial charge in [0.05, 0.1) is 11.9 Å². The zero-order chi connectivity index (χ0) is 25.5. The molecular weight excluding hydrogens is 460 g/mol. The lowest BCUT2D eigenvalue weighted by molar-refractivity contribution is 0.0954. The van der Waals surface area contributed by atoms with Crippen LogP contribution in [0.5, 0.6) is 5.75 Å². The number of para-hydroxylation sites is 1. The molecule has 1 aromatic heterocycles. The van der Waals surface area contributed by atoms with Crippen molar-refractivity contribution in [2.45, 2.75) is 13.5 Å². The van der Waals surface area contributed by atoms with Crippen LogP contribution in [0.15, 0.2) is 120 Å². The Morgan fingerprint density at radius 2 is 1.57 bits per heavy atom. The van der Waals surface area contributed by atoms with E-state index in [1.165, 1.54) is 0 Å². The van der Waals surface area contributed by atoms with E-state index in [0.717, 1.165) is 39.4 Å². The molecule has 1 N–H and O–H groups in total. The largest absolute Gasteiger partial charge is 0.489 e. The monoisotopic (exact) mass is 486 g/mol. The second-order valence-electron chi connectivity index (χ2n) is 8.53. The van der Waals surface area contributed by atoms with Gasteiger partial charge >= 0.3 is 0 Å². The third-order valence-corrected chi connectivity index (χ3v) is 5.90. The van der Waals surface area contributed by atoms with Crippen LogP contribution in [0.2, 0.25) is 0 Å². The van der Waals surface area contributed by atoms with Gasteiger partial charge in [0, 0.05) is 22.9 Å². The van der Waals surface area contributed by atoms with Crippen LogP contribution in [-0.4, -0.2) is 21.9 Å². The van der Waals surface area contributed by atoms with Gasteiger partial charge in [-0.05, 0) is 60.5 Å². The number of nitrogens with zero attached hydrogens (tertiary/aromatic N) is 3. The number of aromatic nitrogens is 2. The van der Waals surface area contributed by atoms with Crippen molar-refractivity contribution in [2.75, 3.05) is 0 Å². The summed E-state index contributed by atoms with van der Waals surface area (Å²) in [4.78, 5) is 12.6. The molecule has 0 aliphatic rings. The minimum atomic E-state index is -0.258. The van der Waals surface area contributed by atoms with Crippen LogP contribution >= 0.6 is 0 Å². The van der Waals surface area contributed by atoms with E-state index >= 15 is 0 Å². The van der Waals surface area contributed by atoms with E-state index in [4.69, 9.17) is 9.84 Å². The van der Waals surface area contributed by atoms with Crippen LogP contribution in [0.3, 0.4) is 0 Å². The van der Waals surface area contributed by atoms with Gasteiger partial charge in [-0.25, -0.2) is 10.1 Å². The lowest BCUT2D eigenvalue weighted by Crippen LogP contribution is -2.18. The number of amides is 1. The number of aryl methyl sites for hydroxylation is 1. The first-order chi connectivity index (χ1) is 18.2. The van der Waals surface area contributed by atoms with Crippen LogP contribution in [0, 0.1) is 6.92 Å². The van der Waals surface area contributed by atoms with Crippen LogP contribution < -0.4 is 10.2 Å². The SMILES string of the molecule is Cc1ccccc1C(=O)N/N=C\c1cn(-c2ccccc2)nc1-c1ccc(OCc2ccccc2)cc1. The molecule has 4 aromatic carbocycles. The molecule has 0 aliphatic heterocycles. The average Bonchev–Trinajstić information content (AvgIpc) is 3.37. The van der Waals surface area contributed by atoms with Crippen molar-refractivity contribution in [3.8, 4) is 22.7 Å². The van der Waals surface area contributed by atoms with Crippen molar-refractivity contribution in [3.63, 3.8) is 0 Å². The Kier molecular flexibility index (Phi) is 7.18. The van der Waals surface area contributed by atoms with E-state index in [2.05, 4.69) is 10.5 Å². The Balaban J connectivity index is 1.38. The number of hydrazone groups is 1. The van der Waals surface area contributed by atoms with Gasteiger partial charge in [-0.15, -0.1) is 0 Å². The van der Waals surface area contributed by atoms with E-state index in [-0.39, 0.29) is 5.91 Å². The van der Waals surface area contributed by atoms with Crippen molar-refractivity contribution in [1.82, 2.24) is 15.2 Å². The fraction of sp³-hybridized carbons (Fsp3) is 0.0645. The van der Waals surface area contributed by atoms with Gasteiger partial charge in [0.25, 0.3) is 5.91 Å². The van der Waals surface area contributed by atoms with E-state index in [1.54, 1.807) is 17.0 Å². The Labute approximate surface area is 215 Å². The quantitative estimate of drug-likeness (QED) is 0.210. The molecule has 6 heteroatoms. The molecule has 0 atom stereocenters. The number of hydrogen-bond donors (Lipinski definition) is 1. The van der Waals surface area contributed by atoms with Crippen LogP contribution in [0.4, 0.5) is 0 Å². The molecule has 5 rings (SSSR count). The molecule has 182 valence electrons. The fourth-order valence-corrected chi connectivity index (χ4v) is 3.92. The number of nitrogens with one attached hydrogen (secondary N) is 1. The summed E-state index contributed by atoms with van der Waals surface area (Å²) in [5, 5.41) is 9.05. The molecule has 6 nitrogen and oxygen atoms in total. The fourth-order valence-electron chi connectivity index (χ4n) is 3.92. The molecule has 0 aliphatic carbocycles. The smallest absolute Gasteiger partial charge is 0.271 e. The van der Waals surface area contributed by atoms with Crippen LogP contribution in [0.25, 0.3) is 16.9 Å². The summed E-state index contributed by atoms with van der Waals surface area (Å²) in [6.45, 7) is 2.40. The molecule has 0 saturated heterocycles. The van der Waals surface area contributed by atoms with Gasteiger partial charge in [-0.3, -0.25) is 4.79 Å². The standard InChI is InChI=1S/C31H26N4O2/c1-23-10-8-9-15-29(23)31(36)33-32-20-26-21-35(27-13-6-3-7-14-27)34-30(26)25-16-18-28(19-17-25)37-22-24-11-4-2-5-12-24/h2-21H,22H2,1H3,(H,33,36)/b32-20-.